The second-order valence-electron chi connectivity index (χ2n) is 7.70. The lowest BCUT2D eigenvalue weighted by Gasteiger charge is -2.35. The van der Waals surface area contributed by atoms with Crippen LogP contribution in [-0.4, -0.2) is 60.3 Å². The van der Waals surface area contributed by atoms with Crippen LogP contribution in [0.5, 0.6) is 0 Å². The molecule has 1 N–H and O–H groups in total. The van der Waals surface area contributed by atoms with Gasteiger partial charge in [-0.25, -0.2) is 13.1 Å². The van der Waals surface area contributed by atoms with Crippen molar-refractivity contribution in [1.82, 2.24) is 9.62 Å². The number of rotatable bonds is 7. The zero-order valence-electron chi connectivity index (χ0n) is 17.7. The van der Waals surface area contributed by atoms with E-state index < -0.39 is 10.0 Å². The molecule has 0 spiro atoms. The summed E-state index contributed by atoms with van der Waals surface area (Å²) in [6.45, 7) is 6.99. The van der Waals surface area contributed by atoms with Gasteiger partial charge in [-0.1, -0.05) is 24.3 Å². The van der Waals surface area contributed by atoms with Gasteiger partial charge in [0.1, 0.15) is 0 Å². The highest BCUT2D eigenvalue weighted by Gasteiger charge is 2.26. The quantitative estimate of drug-likeness (QED) is 0.751. The molecule has 0 unspecified atom stereocenters. The van der Waals surface area contributed by atoms with E-state index >= 15 is 0 Å². The van der Waals surface area contributed by atoms with Crippen molar-refractivity contribution in [2.45, 2.75) is 24.8 Å². The number of nitrogens with zero attached hydrogens (tertiary/aromatic N) is 2. The summed E-state index contributed by atoms with van der Waals surface area (Å²) in [7, 11) is 0.421. The lowest BCUT2D eigenvalue weighted by molar-refractivity contribution is 0.0172. The van der Waals surface area contributed by atoms with Crippen molar-refractivity contribution in [1.29, 1.82) is 0 Å². The molecule has 1 fully saturated rings. The summed E-state index contributed by atoms with van der Waals surface area (Å²) in [6, 6.07) is 13.6. The number of aryl methyl sites for hydroxylation is 1. The summed E-state index contributed by atoms with van der Waals surface area (Å²) >= 11 is 0. The predicted molar refractivity (Wildman–Crippen MR) is 117 cm³/mol. The number of hydrogen-bond donors (Lipinski definition) is 1. The molecule has 0 amide bonds. The molecular weight excluding hydrogens is 386 g/mol. The molecular formula is C22H31N3O3S. The van der Waals surface area contributed by atoms with Crippen LogP contribution in [-0.2, 0) is 14.8 Å². The van der Waals surface area contributed by atoms with Crippen LogP contribution in [0, 0.1) is 13.8 Å². The second-order valence-corrected chi connectivity index (χ2v) is 9.44. The molecule has 1 saturated heterocycles. The van der Waals surface area contributed by atoms with Crippen LogP contribution < -0.4 is 9.62 Å². The molecule has 0 aromatic heterocycles. The average molecular weight is 418 g/mol. The Morgan fingerprint density at radius 3 is 2.34 bits per heavy atom. The molecule has 1 aliphatic heterocycles. The van der Waals surface area contributed by atoms with Crippen LogP contribution in [0.1, 0.15) is 22.7 Å². The van der Waals surface area contributed by atoms with Crippen LogP contribution in [0.15, 0.2) is 47.4 Å². The van der Waals surface area contributed by atoms with Gasteiger partial charge in [0.15, 0.2) is 0 Å². The lowest BCUT2D eigenvalue weighted by atomic mass is 10.0. The average Bonchev–Trinajstić information content (AvgIpc) is 2.71. The van der Waals surface area contributed by atoms with Crippen molar-refractivity contribution in [3.05, 3.63) is 59.2 Å². The number of morpholine rings is 1. The first kappa shape index (κ1) is 21.8. The maximum atomic E-state index is 13.0. The third-order valence-electron chi connectivity index (χ3n) is 5.59. The molecule has 1 aliphatic rings. The monoisotopic (exact) mass is 417 g/mol. The Kier molecular flexibility index (Phi) is 6.95. The van der Waals surface area contributed by atoms with Gasteiger partial charge in [0.2, 0.25) is 10.0 Å². The number of sulfonamides is 1. The highest BCUT2D eigenvalue weighted by atomic mass is 32.2. The van der Waals surface area contributed by atoms with Crippen LogP contribution in [0.25, 0.3) is 0 Å². The van der Waals surface area contributed by atoms with Gasteiger partial charge in [-0.3, -0.25) is 4.90 Å². The van der Waals surface area contributed by atoms with Crippen molar-refractivity contribution in [3.8, 4) is 0 Å². The Bertz CT molecular complexity index is 921. The standard InChI is InChI=1S/C22H31N3O3S/c1-17-6-5-7-22(18(17)2)29(26,27)23-16-21(25-12-14-28-15-13-25)19-8-10-20(11-9-19)24(3)4/h5-11,21,23H,12-16H2,1-4H3/t21-/m1/s1. The Labute approximate surface area is 174 Å². The topological polar surface area (TPSA) is 61.9 Å². The Hall–Kier alpha value is -1.93. The molecule has 1 heterocycles. The number of ether oxygens (including phenoxy) is 1. The fraction of sp³-hybridized carbons (Fsp3) is 0.455. The first-order chi connectivity index (χ1) is 13.8. The normalized spacial score (nSPS) is 16.6. The van der Waals surface area contributed by atoms with Crippen molar-refractivity contribution < 1.29 is 13.2 Å². The lowest BCUT2D eigenvalue weighted by Crippen LogP contribution is -2.43. The Morgan fingerprint density at radius 1 is 1.07 bits per heavy atom. The number of benzene rings is 2. The van der Waals surface area contributed by atoms with Gasteiger partial charge in [-0.05, 0) is 48.7 Å². The van der Waals surface area contributed by atoms with Crippen molar-refractivity contribution in [2.24, 2.45) is 0 Å². The van der Waals surface area contributed by atoms with E-state index in [9.17, 15) is 8.42 Å². The van der Waals surface area contributed by atoms with Crippen molar-refractivity contribution >= 4 is 15.7 Å². The van der Waals surface area contributed by atoms with Crippen LogP contribution in [0.3, 0.4) is 0 Å². The van der Waals surface area contributed by atoms with Gasteiger partial charge in [-0.15, -0.1) is 0 Å². The van der Waals surface area contributed by atoms with Crippen molar-refractivity contribution in [3.63, 3.8) is 0 Å². The number of nitrogens with one attached hydrogen (secondary N) is 1. The van der Waals surface area contributed by atoms with E-state index in [1.807, 2.05) is 34.0 Å². The third-order valence-corrected chi connectivity index (χ3v) is 7.16. The van der Waals surface area contributed by atoms with Crippen LogP contribution >= 0.6 is 0 Å². The molecule has 2 aromatic rings. The van der Waals surface area contributed by atoms with E-state index in [1.165, 1.54) is 0 Å². The Balaban J connectivity index is 1.84. The number of anilines is 1. The van der Waals surface area contributed by atoms with Gasteiger partial charge in [0, 0.05) is 45.5 Å². The molecule has 6 nitrogen and oxygen atoms in total. The van der Waals surface area contributed by atoms with Crippen LogP contribution in [0.2, 0.25) is 0 Å². The first-order valence-corrected chi connectivity index (χ1v) is 11.4. The zero-order valence-corrected chi connectivity index (χ0v) is 18.5. The summed E-state index contributed by atoms with van der Waals surface area (Å²) in [5.41, 5.74) is 3.97. The SMILES string of the molecule is Cc1cccc(S(=O)(=O)NC[C@H](c2ccc(N(C)C)cc2)N2CCOCC2)c1C. The zero-order chi connectivity index (χ0) is 21.0. The highest BCUT2D eigenvalue weighted by Crippen LogP contribution is 2.25. The molecule has 0 aliphatic carbocycles. The van der Waals surface area contributed by atoms with Crippen LogP contribution in [0.4, 0.5) is 5.69 Å². The summed E-state index contributed by atoms with van der Waals surface area (Å²) in [6.07, 6.45) is 0. The molecule has 0 bridgehead atoms. The Morgan fingerprint density at radius 2 is 1.72 bits per heavy atom. The van der Waals surface area contributed by atoms with Gasteiger partial charge in [0.05, 0.1) is 18.1 Å². The molecule has 7 heteroatoms. The summed E-state index contributed by atoms with van der Waals surface area (Å²) < 4.78 is 34.4. The van der Waals surface area contributed by atoms with Gasteiger partial charge >= 0.3 is 0 Å². The van der Waals surface area contributed by atoms with E-state index in [4.69, 9.17) is 4.74 Å². The minimum absolute atomic E-state index is 0.0463. The fourth-order valence-corrected chi connectivity index (χ4v) is 4.98. The second kappa shape index (κ2) is 9.26. The first-order valence-electron chi connectivity index (χ1n) is 9.94. The van der Waals surface area contributed by atoms with Gasteiger partial charge in [-0.2, -0.15) is 0 Å². The molecule has 0 saturated carbocycles. The van der Waals surface area contributed by atoms with E-state index in [-0.39, 0.29) is 6.04 Å². The molecule has 1 atom stereocenters. The van der Waals surface area contributed by atoms with E-state index in [1.54, 1.807) is 12.1 Å². The molecule has 29 heavy (non-hydrogen) atoms. The van der Waals surface area contributed by atoms with Crippen molar-refractivity contribution in [2.75, 3.05) is 51.8 Å². The van der Waals surface area contributed by atoms with Gasteiger partial charge in [0.25, 0.3) is 0 Å². The minimum atomic E-state index is -3.59. The summed E-state index contributed by atoms with van der Waals surface area (Å²) in [4.78, 5) is 4.69. The molecule has 158 valence electrons. The largest absolute Gasteiger partial charge is 0.379 e. The molecule has 0 radical (unpaired) electrons. The van der Waals surface area contributed by atoms with E-state index in [2.05, 4.69) is 38.8 Å². The maximum absolute atomic E-state index is 13.0. The maximum Gasteiger partial charge on any atom is 0.240 e. The van der Waals surface area contributed by atoms with E-state index in [0.717, 1.165) is 35.5 Å². The summed E-state index contributed by atoms with van der Waals surface area (Å²) in [5.74, 6) is 0. The van der Waals surface area contributed by atoms with E-state index in [0.29, 0.717) is 24.7 Å². The fourth-order valence-electron chi connectivity index (χ4n) is 3.62. The third kappa shape index (κ3) is 5.17. The molecule has 3 rings (SSSR count). The van der Waals surface area contributed by atoms with Gasteiger partial charge < -0.3 is 9.64 Å². The molecule has 2 aromatic carbocycles. The number of hydrogen-bond acceptors (Lipinski definition) is 5. The highest BCUT2D eigenvalue weighted by molar-refractivity contribution is 7.89. The minimum Gasteiger partial charge on any atom is -0.379 e. The predicted octanol–water partition coefficient (Wildman–Crippen LogP) is 2.72. The summed E-state index contributed by atoms with van der Waals surface area (Å²) in [5, 5.41) is 0. The smallest absolute Gasteiger partial charge is 0.240 e.